The van der Waals surface area contributed by atoms with E-state index in [1.54, 1.807) is 0 Å². The maximum atomic E-state index is 12.5. The van der Waals surface area contributed by atoms with E-state index >= 15 is 0 Å². The second-order valence-electron chi connectivity index (χ2n) is 18.8. The van der Waals surface area contributed by atoms with E-state index in [1.807, 2.05) is 0 Å². The zero-order valence-corrected chi connectivity index (χ0v) is 41.0. The summed E-state index contributed by atoms with van der Waals surface area (Å²) in [6.07, 6.45) is -48.7. The second-order valence-corrected chi connectivity index (χ2v) is 18.8. The van der Waals surface area contributed by atoms with Gasteiger partial charge in [0.25, 0.3) is 0 Å². The lowest BCUT2D eigenvalue weighted by Crippen LogP contribution is -2.68. The van der Waals surface area contributed by atoms with Gasteiger partial charge in [-0.2, -0.15) is 0 Å². The Morgan fingerprint density at radius 2 is 0.842 bits per heavy atom. The van der Waals surface area contributed by atoms with E-state index in [-0.39, 0.29) is 0 Å². The number of amides is 3. The predicted molar refractivity (Wildman–Crippen MR) is 236 cm³/mol. The van der Waals surface area contributed by atoms with E-state index in [4.69, 9.17) is 47.4 Å². The van der Waals surface area contributed by atoms with Crippen LogP contribution in [0.15, 0.2) is 0 Å². The Balaban J connectivity index is 1.28. The second kappa shape index (κ2) is 28.6. The molecule has 5 aliphatic rings. The van der Waals surface area contributed by atoms with Crippen molar-refractivity contribution in [2.45, 2.75) is 199 Å². The summed E-state index contributed by atoms with van der Waals surface area (Å²) in [7, 11) is 0. The zero-order valence-electron chi connectivity index (χ0n) is 41.0. The van der Waals surface area contributed by atoms with Crippen LogP contribution in [0.3, 0.4) is 0 Å². The van der Waals surface area contributed by atoms with Crippen LogP contribution in [-0.4, -0.2) is 334 Å². The maximum absolute atomic E-state index is 12.5. The maximum Gasteiger partial charge on any atom is 0.217 e. The van der Waals surface area contributed by atoms with E-state index in [0.717, 1.165) is 20.8 Å². The highest BCUT2D eigenvalue weighted by Crippen LogP contribution is 2.34. The van der Waals surface area contributed by atoms with E-state index in [1.165, 1.54) is 0 Å². The Morgan fingerprint density at radius 1 is 0.461 bits per heavy atom. The van der Waals surface area contributed by atoms with Crippen LogP contribution in [0.1, 0.15) is 20.8 Å². The van der Waals surface area contributed by atoms with Crippen molar-refractivity contribution in [1.82, 2.24) is 16.0 Å². The summed E-state index contributed by atoms with van der Waals surface area (Å²) in [6.45, 7) is -3.42. The lowest BCUT2D eigenvalue weighted by Gasteiger charge is -2.48. The van der Waals surface area contributed by atoms with Crippen LogP contribution in [0.5, 0.6) is 0 Å². The van der Waals surface area contributed by atoms with E-state index in [9.17, 15) is 106 Å². The summed E-state index contributed by atoms with van der Waals surface area (Å²) in [5, 5.41) is 198. The van der Waals surface area contributed by atoms with Crippen molar-refractivity contribution in [3.05, 3.63) is 0 Å². The Labute approximate surface area is 431 Å². The largest absolute Gasteiger partial charge is 0.394 e. The summed E-state index contributed by atoms with van der Waals surface area (Å²) in [6, 6.07) is -4.88. The molecule has 5 heterocycles. The number of hydrogen-bond acceptors (Lipinski definition) is 31. The highest BCUT2D eigenvalue weighted by atomic mass is 16.8. The van der Waals surface area contributed by atoms with Gasteiger partial charge in [-0.3, -0.25) is 14.4 Å². The summed E-state index contributed by atoms with van der Waals surface area (Å²) in [5.41, 5.74) is 0. The third kappa shape index (κ3) is 15.0. The fourth-order valence-corrected chi connectivity index (χ4v) is 9.13. The predicted octanol–water partition coefficient (Wildman–Crippen LogP) is -14.0. The lowest BCUT2D eigenvalue weighted by molar-refractivity contribution is -0.361. The molecule has 5 saturated heterocycles. The third-order valence-electron chi connectivity index (χ3n) is 13.3. The first-order valence-corrected chi connectivity index (χ1v) is 24.0. The molecular weight excluding hydrogens is 1040 g/mol. The number of aliphatic hydroxyl groups is 18. The minimum Gasteiger partial charge on any atom is -0.394 e. The molecule has 5 rings (SSSR count). The average Bonchev–Trinajstić information content (AvgIpc) is 3.38. The Morgan fingerprint density at radius 3 is 1.25 bits per heavy atom. The first-order valence-electron chi connectivity index (χ1n) is 24.0. The van der Waals surface area contributed by atoms with Crippen LogP contribution in [0.2, 0.25) is 0 Å². The number of aliphatic hydroxyl groups excluding tert-OH is 18. The van der Waals surface area contributed by atoms with Crippen molar-refractivity contribution in [3.8, 4) is 0 Å². The average molecular weight is 1120 g/mol. The first kappa shape index (κ1) is 64.1. The molecule has 3 amide bonds. The van der Waals surface area contributed by atoms with Crippen LogP contribution in [0.4, 0.5) is 0 Å². The van der Waals surface area contributed by atoms with Crippen LogP contribution in [-0.2, 0) is 61.8 Å². The highest BCUT2D eigenvalue weighted by Gasteiger charge is 2.55. The first-order chi connectivity index (χ1) is 35.8. The molecule has 21 N–H and O–H groups in total. The molecule has 0 aromatic carbocycles. The molecule has 0 aromatic heterocycles. The van der Waals surface area contributed by atoms with Gasteiger partial charge in [0.2, 0.25) is 17.7 Å². The molecule has 76 heavy (non-hydrogen) atoms. The number of carbonyl (C=O) groups is 3. The summed E-state index contributed by atoms with van der Waals surface area (Å²) in [5.74, 6) is -2.38. The zero-order chi connectivity index (χ0) is 56.6. The molecule has 442 valence electrons. The quantitative estimate of drug-likeness (QED) is 0.0452. The molecular formula is C42H73N3O31. The van der Waals surface area contributed by atoms with Crippen molar-refractivity contribution >= 4 is 17.7 Å². The fraction of sp³-hybridized carbons (Fsp3) is 0.929. The van der Waals surface area contributed by atoms with Crippen LogP contribution in [0.25, 0.3) is 0 Å². The third-order valence-corrected chi connectivity index (χ3v) is 13.3. The van der Waals surface area contributed by atoms with Crippen LogP contribution < -0.4 is 16.0 Å². The van der Waals surface area contributed by atoms with Gasteiger partial charge in [0.1, 0.15) is 140 Å². The Bertz CT molecular complexity index is 1820. The highest BCUT2D eigenvalue weighted by molar-refractivity contribution is 5.74. The van der Waals surface area contributed by atoms with Gasteiger partial charge in [0.05, 0.1) is 52.3 Å². The van der Waals surface area contributed by atoms with E-state index in [2.05, 4.69) is 16.0 Å². The fourth-order valence-electron chi connectivity index (χ4n) is 9.13. The van der Waals surface area contributed by atoms with Gasteiger partial charge in [-0.1, -0.05) is 0 Å². The standard InChI is InChI=1S/C42H73N3O31/c1-11(51)43-14(4-46)35(74-40-32(64)29(61)24(56)16(5-47)69-40)23(55)15(54)9-67-38-21(44-12(2)52)27(59)37(18(7-49)71-38)76-42-34(66)31(63)26(58)20(73-42)10-68-39-22(45-13(3)53)28(60)36(19(8-50)72-39)75-41-33(65)30(62)25(57)17(6-48)70-41/h14-42,46-50,54-66H,4-10H2,1-3H3,(H,43,51)(H,44,52)(H,45,53)/t14-,15+,16+,17+,18+,19+,20+,21+,22+,23-,24-,25-,26-,27+,28+,29-,30-,31-,32+,33+,34+,35+,36+,37+,38+,39+,40-,41-,42-/m0/s1. The van der Waals surface area contributed by atoms with Gasteiger partial charge in [0.15, 0.2) is 31.5 Å². The van der Waals surface area contributed by atoms with Crippen LogP contribution >= 0.6 is 0 Å². The normalized spacial score (nSPS) is 43.8. The number of rotatable bonds is 23. The molecule has 34 nitrogen and oxygen atoms in total. The van der Waals surface area contributed by atoms with Gasteiger partial charge >= 0.3 is 0 Å². The molecule has 0 bridgehead atoms. The van der Waals surface area contributed by atoms with Gasteiger partial charge < -0.3 is 155 Å². The Kier molecular flexibility index (Phi) is 24.1. The number of carbonyl (C=O) groups excluding carboxylic acids is 3. The molecule has 0 spiro atoms. The monoisotopic (exact) mass is 1120 g/mol. The number of ether oxygens (including phenoxy) is 10. The molecule has 0 radical (unpaired) electrons. The molecule has 0 unspecified atom stereocenters. The van der Waals surface area contributed by atoms with E-state index in [0.29, 0.717) is 0 Å². The van der Waals surface area contributed by atoms with Crippen LogP contribution in [0, 0.1) is 0 Å². The molecule has 0 aliphatic carbocycles. The summed E-state index contributed by atoms with van der Waals surface area (Å²) < 4.78 is 56.6. The molecule has 34 heteroatoms. The van der Waals surface area contributed by atoms with Crippen molar-refractivity contribution in [2.75, 3.05) is 46.2 Å². The van der Waals surface area contributed by atoms with Crippen molar-refractivity contribution in [2.24, 2.45) is 0 Å². The van der Waals surface area contributed by atoms with Gasteiger partial charge in [-0.15, -0.1) is 0 Å². The summed E-state index contributed by atoms with van der Waals surface area (Å²) >= 11 is 0. The van der Waals surface area contributed by atoms with Crippen molar-refractivity contribution in [3.63, 3.8) is 0 Å². The molecule has 5 fully saturated rings. The molecule has 0 aromatic rings. The lowest BCUT2D eigenvalue weighted by atomic mass is 9.95. The van der Waals surface area contributed by atoms with Gasteiger partial charge in [-0.25, -0.2) is 0 Å². The van der Waals surface area contributed by atoms with E-state index < -0.39 is 242 Å². The van der Waals surface area contributed by atoms with Gasteiger partial charge in [-0.05, 0) is 0 Å². The van der Waals surface area contributed by atoms with Gasteiger partial charge in [0, 0.05) is 20.8 Å². The topological polar surface area (TPSA) is 544 Å². The smallest absolute Gasteiger partial charge is 0.217 e. The minimum absolute atomic E-state index is 0.773. The van der Waals surface area contributed by atoms with Crippen molar-refractivity contribution in [1.29, 1.82) is 0 Å². The molecule has 5 aliphatic heterocycles. The minimum atomic E-state index is -2.21. The molecule has 29 atom stereocenters. The summed E-state index contributed by atoms with van der Waals surface area (Å²) in [4.78, 5) is 36.8. The molecule has 0 saturated carbocycles. The Hall–Kier alpha value is -2.71. The number of hydrogen-bond donors (Lipinski definition) is 21. The number of nitrogens with one attached hydrogen (secondary N) is 3. The van der Waals surface area contributed by atoms with Crippen molar-refractivity contribution < 1.29 is 154 Å². The SMILES string of the molecule is CC(=O)N[C@H]1[C@H](OC[C@H]2O[C@@H](O[C@H]3[C@H](O)[C@@H](NC(C)=O)[C@H](OC[C@@H](O)[C@H](O)[C@H](O[C@@H]4O[C@H](CO)[C@H](O)[C@H](O)[C@H]4O)[C@H](CO)NC(C)=O)O[C@@H]3CO)[C@H](O)[C@@H](O)[C@H]2O)O[C@H](CO)[C@@H](O[C@@H]2O[C@H](CO)[C@H](O)[C@H](O)[C@H]2O)[C@@H]1O.